The normalized spacial score (nSPS) is 15.7. The van der Waals surface area contributed by atoms with Gasteiger partial charge in [-0.05, 0) is 44.2 Å². The molecule has 2 aromatic rings. The van der Waals surface area contributed by atoms with Crippen molar-refractivity contribution < 1.29 is 28.2 Å². The summed E-state index contributed by atoms with van der Waals surface area (Å²) in [4.78, 5) is 24.6. The summed E-state index contributed by atoms with van der Waals surface area (Å²) < 4.78 is 21.3. The highest BCUT2D eigenvalue weighted by Gasteiger charge is 2.36. The lowest BCUT2D eigenvalue weighted by molar-refractivity contribution is -0.143. The Kier molecular flexibility index (Phi) is 5.49. The third-order valence-electron chi connectivity index (χ3n) is 4.20. The quantitative estimate of drug-likeness (QED) is 0.779. The molecule has 1 unspecified atom stereocenters. The van der Waals surface area contributed by atoms with Gasteiger partial charge < -0.3 is 24.4 Å². The van der Waals surface area contributed by atoms with E-state index in [0.29, 0.717) is 17.1 Å². The van der Waals surface area contributed by atoms with Crippen molar-refractivity contribution in [2.75, 3.05) is 13.2 Å². The highest BCUT2D eigenvalue weighted by molar-refractivity contribution is 5.93. The molecule has 1 atom stereocenters. The van der Waals surface area contributed by atoms with Crippen molar-refractivity contribution in [1.29, 1.82) is 0 Å². The number of hydrogen-bond acceptors (Lipinski definition) is 7. The molecule has 142 valence electrons. The first-order chi connectivity index (χ1) is 13.0. The third-order valence-corrected chi connectivity index (χ3v) is 4.20. The molecule has 0 amide bonds. The average molecular weight is 371 g/mol. The number of hydrogen-bond donors (Lipinski definition) is 1. The minimum Gasteiger partial charge on any atom is -0.466 e. The largest absolute Gasteiger partial charge is 0.466 e. The minimum absolute atomic E-state index is 0.0549. The number of rotatable bonds is 6. The van der Waals surface area contributed by atoms with Crippen LogP contribution in [0.25, 0.3) is 11.3 Å². The predicted molar refractivity (Wildman–Crippen MR) is 96.6 cm³/mol. The number of furan rings is 1. The Morgan fingerprint density at radius 3 is 2.59 bits per heavy atom. The smallest absolute Gasteiger partial charge is 0.340 e. The summed E-state index contributed by atoms with van der Waals surface area (Å²) >= 11 is 0. The van der Waals surface area contributed by atoms with Gasteiger partial charge in [-0.2, -0.15) is 0 Å². The molecule has 7 heteroatoms. The number of fused-ring (bicyclic) bond motifs is 1. The highest BCUT2D eigenvalue weighted by atomic mass is 16.5. The molecule has 0 radical (unpaired) electrons. The van der Waals surface area contributed by atoms with Crippen molar-refractivity contribution in [1.82, 2.24) is 0 Å². The third kappa shape index (κ3) is 3.81. The molecule has 1 aliphatic heterocycles. The van der Waals surface area contributed by atoms with E-state index < -0.39 is 17.9 Å². The zero-order valence-electron chi connectivity index (χ0n) is 15.2. The molecule has 7 nitrogen and oxygen atoms in total. The van der Waals surface area contributed by atoms with Gasteiger partial charge in [-0.1, -0.05) is 0 Å². The van der Waals surface area contributed by atoms with Gasteiger partial charge in [0.2, 0.25) is 5.88 Å². The van der Waals surface area contributed by atoms with E-state index in [1.807, 2.05) is 18.2 Å². The Morgan fingerprint density at radius 1 is 1.15 bits per heavy atom. The standard InChI is InChI=1S/C20H21NO6/c1-3-24-17(22)11-14-13-10-12(15-6-5-9-26-15)7-8-16(13)27-19(21)18(14)20(23)25-4-2/h5-10,14H,3-4,11,21H2,1-2H3. The molecule has 0 fully saturated rings. The lowest BCUT2D eigenvalue weighted by Crippen LogP contribution is -2.28. The van der Waals surface area contributed by atoms with Crippen molar-refractivity contribution >= 4 is 11.9 Å². The van der Waals surface area contributed by atoms with Gasteiger partial charge in [-0.25, -0.2) is 4.79 Å². The Morgan fingerprint density at radius 2 is 1.93 bits per heavy atom. The molecule has 1 aliphatic rings. The first kappa shape index (κ1) is 18.6. The van der Waals surface area contributed by atoms with Crippen LogP contribution in [0, 0.1) is 0 Å². The second-order valence-electron chi connectivity index (χ2n) is 5.89. The maximum Gasteiger partial charge on any atom is 0.340 e. The Labute approximate surface area is 156 Å². The maximum absolute atomic E-state index is 12.5. The van der Waals surface area contributed by atoms with Crippen LogP contribution < -0.4 is 10.5 Å². The molecule has 3 rings (SSSR count). The molecule has 0 saturated heterocycles. The van der Waals surface area contributed by atoms with E-state index in [1.165, 1.54) is 0 Å². The fourth-order valence-corrected chi connectivity index (χ4v) is 3.06. The number of carbonyl (C=O) groups excluding carboxylic acids is 2. The molecule has 2 N–H and O–H groups in total. The molecule has 0 saturated carbocycles. The summed E-state index contributed by atoms with van der Waals surface area (Å²) in [6.45, 7) is 3.85. The van der Waals surface area contributed by atoms with Crippen LogP contribution in [0.15, 0.2) is 52.5 Å². The second-order valence-corrected chi connectivity index (χ2v) is 5.89. The van der Waals surface area contributed by atoms with Crippen LogP contribution in [0.1, 0.15) is 31.7 Å². The molecule has 0 spiro atoms. The van der Waals surface area contributed by atoms with Crippen molar-refractivity contribution in [3.8, 4) is 17.1 Å². The van der Waals surface area contributed by atoms with E-state index in [-0.39, 0.29) is 31.1 Å². The highest BCUT2D eigenvalue weighted by Crippen LogP contribution is 2.42. The van der Waals surface area contributed by atoms with Crippen LogP contribution in [0.2, 0.25) is 0 Å². The van der Waals surface area contributed by atoms with Crippen LogP contribution in [-0.2, 0) is 19.1 Å². The summed E-state index contributed by atoms with van der Waals surface area (Å²) in [5, 5.41) is 0. The summed E-state index contributed by atoms with van der Waals surface area (Å²) in [5.74, 6) is -0.618. The van der Waals surface area contributed by atoms with Gasteiger partial charge >= 0.3 is 11.9 Å². The number of benzene rings is 1. The molecular formula is C20H21NO6. The first-order valence-corrected chi connectivity index (χ1v) is 8.73. The van der Waals surface area contributed by atoms with Gasteiger partial charge in [-0.15, -0.1) is 0 Å². The molecule has 2 heterocycles. The van der Waals surface area contributed by atoms with Gasteiger partial charge in [-0.3, -0.25) is 4.79 Å². The van der Waals surface area contributed by atoms with Gasteiger partial charge in [0, 0.05) is 17.0 Å². The van der Waals surface area contributed by atoms with E-state index in [1.54, 1.807) is 32.2 Å². The molecule has 0 aliphatic carbocycles. The van der Waals surface area contributed by atoms with Crippen molar-refractivity contribution in [3.05, 3.63) is 53.6 Å². The van der Waals surface area contributed by atoms with E-state index in [0.717, 1.165) is 5.56 Å². The first-order valence-electron chi connectivity index (χ1n) is 8.73. The van der Waals surface area contributed by atoms with Crippen LogP contribution in [0.3, 0.4) is 0 Å². The number of carbonyl (C=O) groups is 2. The molecule has 0 bridgehead atoms. The minimum atomic E-state index is -0.637. The fraction of sp³-hybridized carbons (Fsp3) is 0.300. The van der Waals surface area contributed by atoms with E-state index in [9.17, 15) is 9.59 Å². The number of nitrogens with two attached hydrogens (primary N) is 1. The summed E-state index contributed by atoms with van der Waals surface area (Å²) in [6.07, 6.45) is 1.52. The van der Waals surface area contributed by atoms with Gasteiger partial charge in [0.1, 0.15) is 17.1 Å². The van der Waals surface area contributed by atoms with Gasteiger partial charge in [0.15, 0.2) is 0 Å². The molecule has 27 heavy (non-hydrogen) atoms. The van der Waals surface area contributed by atoms with Gasteiger partial charge in [0.25, 0.3) is 0 Å². The molecule has 1 aromatic carbocycles. The SMILES string of the molecule is CCOC(=O)CC1C(C(=O)OCC)=C(N)Oc2ccc(-c3ccco3)cc21. The summed E-state index contributed by atoms with van der Waals surface area (Å²) in [7, 11) is 0. The van der Waals surface area contributed by atoms with Crippen LogP contribution in [-0.4, -0.2) is 25.2 Å². The van der Waals surface area contributed by atoms with Crippen molar-refractivity contribution in [2.24, 2.45) is 5.73 Å². The Hall–Kier alpha value is -3.22. The van der Waals surface area contributed by atoms with E-state index in [2.05, 4.69) is 0 Å². The number of ether oxygens (including phenoxy) is 3. The Bertz CT molecular complexity index is 869. The van der Waals surface area contributed by atoms with Crippen LogP contribution >= 0.6 is 0 Å². The second kappa shape index (κ2) is 7.99. The summed E-state index contributed by atoms with van der Waals surface area (Å²) in [6, 6.07) is 8.98. The van der Waals surface area contributed by atoms with Gasteiger partial charge in [0.05, 0.1) is 25.9 Å². The molecule has 1 aromatic heterocycles. The van der Waals surface area contributed by atoms with Crippen LogP contribution in [0.4, 0.5) is 0 Å². The van der Waals surface area contributed by atoms with Crippen molar-refractivity contribution in [2.45, 2.75) is 26.2 Å². The lowest BCUT2D eigenvalue weighted by Gasteiger charge is -2.28. The van der Waals surface area contributed by atoms with E-state index >= 15 is 0 Å². The number of esters is 2. The predicted octanol–water partition coefficient (Wildman–Crippen LogP) is 3.11. The monoisotopic (exact) mass is 371 g/mol. The van der Waals surface area contributed by atoms with Crippen LogP contribution in [0.5, 0.6) is 5.75 Å². The lowest BCUT2D eigenvalue weighted by atomic mass is 9.85. The van der Waals surface area contributed by atoms with E-state index in [4.69, 9.17) is 24.4 Å². The zero-order valence-corrected chi connectivity index (χ0v) is 15.2. The topological polar surface area (TPSA) is 101 Å². The van der Waals surface area contributed by atoms with Crippen molar-refractivity contribution in [3.63, 3.8) is 0 Å². The average Bonchev–Trinajstić information content (AvgIpc) is 3.16. The summed E-state index contributed by atoms with van der Waals surface area (Å²) in [5.41, 5.74) is 7.54. The molecular weight excluding hydrogens is 350 g/mol. The maximum atomic E-state index is 12.5. The Balaban J connectivity index is 2.06. The zero-order chi connectivity index (χ0) is 19.4. The fourth-order valence-electron chi connectivity index (χ4n) is 3.06.